The number of H-pyrrole nitrogens is 2. The second-order valence-corrected chi connectivity index (χ2v) is 38.0. The molecule has 0 aromatic carbocycles. The highest BCUT2D eigenvalue weighted by Gasteiger charge is 2.24. The van der Waals surface area contributed by atoms with E-state index in [0.29, 0.717) is 17.5 Å². The van der Waals surface area contributed by atoms with E-state index in [4.69, 9.17) is 56.9 Å². The minimum atomic E-state index is -1.52. The number of aryl methyl sites for hydroxylation is 1. The number of ether oxygens (including phenoxy) is 10. The summed E-state index contributed by atoms with van der Waals surface area (Å²) in [5, 5.41) is 6.27. The summed E-state index contributed by atoms with van der Waals surface area (Å²) in [6.07, 6.45) is 6.72. The highest BCUT2D eigenvalue weighted by Crippen LogP contribution is 2.34. The fourth-order valence-corrected chi connectivity index (χ4v) is 10.8. The molecule has 9 heterocycles. The lowest BCUT2D eigenvalue weighted by molar-refractivity contribution is 0.0554. The summed E-state index contributed by atoms with van der Waals surface area (Å²) in [5.41, 5.74) is 5.91. The molecule has 0 fully saturated rings. The molecule has 9 aromatic heterocycles. The number of hydrogen-bond donors (Lipinski definition) is 4. The Balaban J connectivity index is 0.000000256. The summed E-state index contributed by atoms with van der Waals surface area (Å²) in [6, 6.07) is 24.3. The molecule has 0 bridgehead atoms. The van der Waals surface area contributed by atoms with Gasteiger partial charge in [0.05, 0.1) is 81.1 Å². The number of rotatable bonds is 17. The van der Waals surface area contributed by atoms with Gasteiger partial charge in [0.2, 0.25) is 57.9 Å². The zero-order chi connectivity index (χ0) is 69.2. The molecular weight excluding hydrogens is 1320 g/mol. The van der Waals surface area contributed by atoms with Gasteiger partial charge in [-0.25, -0.2) is 19.6 Å². The van der Waals surface area contributed by atoms with Crippen molar-refractivity contribution in [1.29, 1.82) is 0 Å². The van der Waals surface area contributed by atoms with Crippen LogP contribution < -0.4 is 75.6 Å². The molecule has 1 amide bonds. The van der Waals surface area contributed by atoms with E-state index in [9.17, 15) is 24.0 Å². The summed E-state index contributed by atoms with van der Waals surface area (Å²) in [4.78, 5) is 85.2. The van der Waals surface area contributed by atoms with Crippen molar-refractivity contribution in [1.82, 2.24) is 39.9 Å². The van der Waals surface area contributed by atoms with Gasteiger partial charge >= 0.3 is 24.0 Å². The molecule has 9 rings (SSSR count). The first-order valence-electron chi connectivity index (χ1n) is 27.8. The molecule has 0 spiro atoms. The molecule has 0 radical (unpaired) electrons. The molecule has 0 aliphatic rings. The first-order chi connectivity index (χ1) is 43.9. The number of nitrogens with two attached hydrogens (primary N) is 1. The van der Waals surface area contributed by atoms with E-state index in [2.05, 4.69) is 130 Å². The van der Waals surface area contributed by atoms with Gasteiger partial charge < -0.3 is 81.6 Å². The summed E-state index contributed by atoms with van der Waals surface area (Å²) in [5.74, 6) is 1.36. The average molecular weight is 1400 g/mol. The molecule has 32 heteroatoms. The quantitative estimate of drug-likeness (QED) is 0.0487. The van der Waals surface area contributed by atoms with Gasteiger partial charge in [-0.3, -0.25) is 14.4 Å². The SMILES string of the molecule is COC(=O)c1ccc(C)o1.COC(=O)c1ccc(Oc2cc([Si](C)(C)C)ccn2)o1.COc1nc(OC)c(N)c(OC)n1.COc1nc(OC)c(NC(=O)c2ccc(Oc3cc([Si](C)(C)C)ccn3)o2)c(OC)n1.C[Si](C)(C)c1cc[nH]c(=O)c1.O=c1cc(Br)cc[nH]1. The molecule has 498 valence electrons. The van der Waals surface area contributed by atoms with Crippen molar-refractivity contribution in [3.8, 4) is 59.2 Å². The molecule has 0 saturated carbocycles. The molecule has 0 aliphatic carbocycles. The van der Waals surface area contributed by atoms with E-state index in [1.165, 1.54) is 96.7 Å². The predicted molar refractivity (Wildman–Crippen MR) is 359 cm³/mol. The Morgan fingerprint density at radius 3 is 1.26 bits per heavy atom. The van der Waals surface area contributed by atoms with Crippen molar-refractivity contribution in [3.05, 3.63) is 158 Å². The Bertz CT molecular complexity index is 3960. The second kappa shape index (κ2) is 35.5. The van der Waals surface area contributed by atoms with Crippen molar-refractivity contribution in [2.24, 2.45) is 0 Å². The van der Waals surface area contributed by atoms with Crippen molar-refractivity contribution in [2.45, 2.75) is 65.8 Å². The maximum Gasteiger partial charge on any atom is 0.374 e. The number of furan rings is 3. The molecule has 0 aliphatic heterocycles. The zero-order valence-corrected chi connectivity index (χ0v) is 59.5. The van der Waals surface area contributed by atoms with Gasteiger partial charge in [-0.1, -0.05) is 90.4 Å². The lowest BCUT2D eigenvalue weighted by atomic mass is 10.4. The van der Waals surface area contributed by atoms with Gasteiger partial charge in [0.25, 0.3) is 17.8 Å². The molecule has 28 nitrogen and oxygen atoms in total. The van der Waals surface area contributed by atoms with E-state index in [-0.39, 0.29) is 87.2 Å². The number of esters is 2. The number of hydrogen-bond acceptors (Lipinski definition) is 25. The van der Waals surface area contributed by atoms with Gasteiger partial charge in [0.1, 0.15) is 5.76 Å². The number of carbonyl (C=O) groups is 3. The van der Waals surface area contributed by atoms with Crippen molar-refractivity contribution in [2.75, 3.05) is 67.9 Å². The number of methoxy groups -OCH3 is 8. The van der Waals surface area contributed by atoms with Crippen LogP contribution in [0, 0.1) is 6.92 Å². The normalized spacial score (nSPS) is 10.6. The largest absolute Gasteiger partial charge is 0.479 e. The van der Waals surface area contributed by atoms with Crippen molar-refractivity contribution in [3.63, 3.8) is 0 Å². The minimum Gasteiger partial charge on any atom is -0.479 e. The van der Waals surface area contributed by atoms with Crippen LogP contribution in [0.25, 0.3) is 0 Å². The molecule has 0 saturated heterocycles. The van der Waals surface area contributed by atoms with E-state index in [1.54, 1.807) is 62.0 Å². The van der Waals surface area contributed by atoms with Gasteiger partial charge in [-0.15, -0.1) is 0 Å². The number of nitrogen functional groups attached to an aromatic ring is 1. The lowest BCUT2D eigenvalue weighted by Gasteiger charge is -2.16. The maximum absolute atomic E-state index is 12.7. The highest BCUT2D eigenvalue weighted by atomic mass is 79.9. The highest BCUT2D eigenvalue weighted by molar-refractivity contribution is 9.10. The molecule has 9 aromatic rings. The van der Waals surface area contributed by atoms with E-state index in [1.807, 2.05) is 30.3 Å². The van der Waals surface area contributed by atoms with Gasteiger partial charge in [-0.05, 0) is 55.5 Å². The number of pyridine rings is 4. The summed E-state index contributed by atoms with van der Waals surface area (Å²) in [7, 11) is 6.95. The van der Waals surface area contributed by atoms with E-state index < -0.39 is 42.1 Å². The first-order valence-corrected chi connectivity index (χ1v) is 39.1. The van der Waals surface area contributed by atoms with Crippen LogP contribution in [0.2, 0.25) is 58.9 Å². The number of amides is 1. The third kappa shape index (κ3) is 24.3. The summed E-state index contributed by atoms with van der Waals surface area (Å²) < 4.78 is 66.7. The standard InChI is InChI=1S/C20H24N4O6Si.C14H17NO4Si.C8H13NOSi.C7H11N3O3.C7H8O3.C5H4BrNO/c1-26-18-16(19(27-2)24-20(23-18)28-3)22-17(25)13-7-8-15(29-13)30-14-11-12(9-10-21-14)31(4,5)6;1-17-14(16)11-5-6-13(18-11)19-12-9-10(7-8-15-12)20(2,3)4;1-11(2,3)7-4-5-9-8(10)6-7;1-11-5-4(8)6(12-2)10-7(9-5)13-3;1-5-3-4-6(10-5)7(8)9-2;6-4-1-2-7-5(8)3-4/h7-11H,1-6H3,(H,22,25);5-9H,1-4H3;4-6H,1-3H3,(H,9,10);8H2,1-3H3;3-4H,1-2H3;1-3H,(H,7,8). The average Bonchev–Trinajstić information content (AvgIpc) is 1.65. The molecule has 0 atom stereocenters. The van der Waals surface area contributed by atoms with Crippen LogP contribution in [-0.2, 0) is 9.47 Å². The van der Waals surface area contributed by atoms with Gasteiger partial charge in [-0.2, -0.15) is 19.9 Å². The smallest absolute Gasteiger partial charge is 0.374 e. The van der Waals surface area contributed by atoms with Crippen LogP contribution in [0.1, 0.15) is 37.4 Å². The van der Waals surface area contributed by atoms with Gasteiger partial charge in [0.15, 0.2) is 17.1 Å². The van der Waals surface area contributed by atoms with E-state index >= 15 is 0 Å². The fraction of sp³-hybridized carbons (Fsp3) is 0.295. The van der Waals surface area contributed by atoms with Crippen molar-refractivity contribution < 1.29 is 75.0 Å². The number of carbonyl (C=O) groups excluding carboxylic acids is 3. The Morgan fingerprint density at radius 1 is 0.495 bits per heavy atom. The van der Waals surface area contributed by atoms with Crippen LogP contribution in [0.15, 0.2) is 137 Å². The van der Waals surface area contributed by atoms with E-state index in [0.717, 1.165) is 4.47 Å². The first kappa shape index (κ1) is 75.4. The summed E-state index contributed by atoms with van der Waals surface area (Å²) in [6.45, 7) is 21.9. The van der Waals surface area contributed by atoms with Gasteiger partial charge in [0, 0.05) is 65.7 Å². The third-order valence-corrected chi connectivity index (χ3v) is 18.6. The van der Waals surface area contributed by atoms with Crippen LogP contribution in [0.5, 0.6) is 59.2 Å². The van der Waals surface area contributed by atoms with Crippen LogP contribution >= 0.6 is 15.9 Å². The van der Waals surface area contributed by atoms with Crippen LogP contribution in [0.3, 0.4) is 0 Å². The third-order valence-electron chi connectivity index (χ3n) is 11.9. The minimum absolute atomic E-state index is 0.00456. The van der Waals surface area contributed by atoms with Crippen LogP contribution in [0.4, 0.5) is 11.4 Å². The van der Waals surface area contributed by atoms with Crippen molar-refractivity contribution >= 4 is 84.9 Å². The Labute approximate surface area is 548 Å². The molecule has 93 heavy (non-hydrogen) atoms. The monoisotopic (exact) mass is 1400 g/mol. The zero-order valence-electron chi connectivity index (χ0n) is 54.9. The number of aromatic nitrogens is 8. The molecule has 5 N–H and O–H groups in total. The number of halogens is 1. The Hall–Kier alpha value is -10.1. The number of anilines is 2. The summed E-state index contributed by atoms with van der Waals surface area (Å²) >= 11 is 3.14. The lowest BCUT2D eigenvalue weighted by Crippen LogP contribution is -2.39. The molecule has 0 unspecified atom stereocenters. The van der Waals surface area contributed by atoms with Crippen LogP contribution in [-0.4, -0.2) is 139 Å². The predicted octanol–water partition coefficient (Wildman–Crippen LogP) is 9.40. The molecular formula is C61H77BrN10O18Si3. The number of nitrogens with one attached hydrogen (secondary N) is 3. The number of nitrogens with zero attached hydrogens (tertiary/aromatic N) is 6. The fourth-order valence-electron chi connectivity index (χ4n) is 7.01. The second-order valence-electron chi connectivity index (χ2n) is 21.9. The Kier molecular flexibility index (Phi) is 28.8. The topological polar surface area (TPSA) is 364 Å². The number of aromatic amines is 2. The maximum atomic E-state index is 12.7. The Morgan fingerprint density at radius 2 is 0.892 bits per heavy atom.